The maximum atomic E-state index is 12.8. The van der Waals surface area contributed by atoms with Crippen LogP contribution in [0.15, 0.2) is 30.5 Å². The summed E-state index contributed by atoms with van der Waals surface area (Å²) in [6.45, 7) is -0.264. The molecule has 0 radical (unpaired) electrons. The summed E-state index contributed by atoms with van der Waals surface area (Å²) in [7, 11) is 0. The summed E-state index contributed by atoms with van der Waals surface area (Å²) in [5.74, 6) is -0.303. The van der Waals surface area contributed by atoms with E-state index in [1.165, 1.54) is 9.58 Å². The van der Waals surface area contributed by atoms with Crippen molar-refractivity contribution < 1.29 is 23.1 Å². The van der Waals surface area contributed by atoms with Gasteiger partial charge in [-0.25, -0.2) is 0 Å². The van der Waals surface area contributed by atoms with E-state index in [0.717, 1.165) is 10.9 Å². The lowest BCUT2D eigenvalue weighted by atomic mass is 9.91. The molecule has 2 heterocycles. The van der Waals surface area contributed by atoms with Crippen LogP contribution >= 0.6 is 0 Å². The monoisotopic (exact) mass is 327 g/mol. The van der Waals surface area contributed by atoms with Crippen molar-refractivity contribution in [2.75, 3.05) is 13.1 Å². The van der Waals surface area contributed by atoms with Crippen LogP contribution in [0.1, 0.15) is 12.8 Å². The zero-order valence-corrected chi connectivity index (χ0v) is 12.3. The number of para-hydroxylation sites is 1. The first-order chi connectivity index (χ1) is 10.8. The first-order valence-corrected chi connectivity index (χ1v) is 7.28. The van der Waals surface area contributed by atoms with Crippen LogP contribution < -0.4 is 0 Å². The number of hydrogen-bond acceptors (Lipinski definition) is 3. The number of carbonyl (C=O) groups is 1. The summed E-state index contributed by atoms with van der Waals surface area (Å²) < 4.78 is 39.8. The molecule has 0 aliphatic carbocycles. The minimum absolute atomic E-state index is 0.0298. The Morgan fingerprint density at radius 3 is 2.57 bits per heavy atom. The van der Waals surface area contributed by atoms with Crippen LogP contribution in [0.3, 0.4) is 0 Å². The molecule has 1 aliphatic heterocycles. The Hall–Kier alpha value is -2.09. The molecule has 0 unspecified atom stereocenters. The Kier molecular flexibility index (Phi) is 3.79. The molecule has 0 bridgehead atoms. The summed E-state index contributed by atoms with van der Waals surface area (Å²) in [5, 5.41) is 14.7. The van der Waals surface area contributed by atoms with E-state index < -0.39 is 24.6 Å². The van der Waals surface area contributed by atoms with Gasteiger partial charge in [0.25, 0.3) is 0 Å². The van der Waals surface area contributed by atoms with Crippen molar-refractivity contribution >= 4 is 16.8 Å². The summed E-state index contributed by atoms with van der Waals surface area (Å²) >= 11 is 0. The lowest BCUT2D eigenvalue weighted by Gasteiger charge is -2.39. The number of halogens is 3. The van der Waals surface area contributed by atoms with E-state index in [1.807, 2.05) is 24.3 Å². The Morgan fingerprint density at radius 2 is 1.91 bits per heavy atom. The van der Waals surface area contributed by atoms with Gasteiger partial charge < -0.3 is 10.0 Å². The fourth-order valence-corrected chi connectivity index (χ4v) is 2.79. The number of nitrogens with zero attached hydrogens (tertiary/aromatic N) is 3. The molecular formula is C15H16F3N3O2. The van der Waals surface area contributed by atoms with Crippen LogP contribution in [-0.4, -0.2) is 50.6 Å². The standard InChI is InChI=1S/C15H16F3N3O2/c16-15(17,18)14(23)5-7-20(8-6-14)13(22)10-21-12-4-2-1-3-11(12)9-19-21/h1-4,9,23H,5-8,10H2. The minimum Gasteiger partial charge on any atom is -0.380 e. The maximum absolute atomic E-state index is 12.8. The lowest BCUT2D eigenvalue weighted by molar-refractivity contribution is -0.272. The highest BCUT2D eigenvalue weighted by atomic mass is 19.4. The Morgan fingerprint density at radius 1 is 1.26 bits per heavy atom. The number of rotatable bonds is 2. The predicted octanol–water partition coefficient (Wildman–Crippen LogP) is 1.95. The van der Waals surface area contributed by atoms with Crippen molar-refractivity contribution in [1.29, 1.82) is 0 Å². The van der Waals surface area contributed by atoms with Crippen LogP contribution in [0.25, 0.3) is 10.9 Å². The topological polar surface area (TPSA) is 58.4 Å². The number of amides is 1. The van der Waals surface area contributed by atoms with E-state index in [0.29, 0.717) is 0 Å². The average molecular weight is 327 g/mol. The van der Waals surface area contributed by atoms with E-state index in [9.17, 15) is 23.1 Å². The number of carbonyl (C=O) groups excluding carboxylic acids is 1. The molecule has 1 aliphatic rings. The Balaban J connectivity index is 1.66. The number of piperidine rings is 1. The average Bonchev–Trinajstić information content (AvgIpc) is 2.90. The second kappa shape index (κ2) is 5.52. The van der Waals surface area contributed by atoms with Gasteiger partial charge in [-0.2, -0.15) is 18.3 Å². The smallest absolute Gasteiger partial charge is 0.380 e. The summed E-state index contributed by atoms with van der Waals surface area (Å²) in [6.07, 6.45) is -4.02. The summed E-state index contributed by atoms with van der Waals surface area (Å²) in [4.78, 5) is 13.6. The van der Waals surface area contributed by atoms with E-state index in [1.54, 1.807) is 6.20 Å². The summed E-state index contributed by atoms with van der Waals surface area (Å²) in [5.41, 5.74) is -1.90. The SMILES string of the molecule is O=C(Cn1ncc2ccccc21)N1CCC(O)(C(F)(F)F)CC1. The van der Waals surface area contributed by atoms with Gasteiger partial charge in [-0.1, -0.05) is 18.2 Å². The number of hydrogen-bond donors (Lipinski definition) is 1. The molecule has 1 amide bonds. The quantitative estimate of drug-likeness (QED) is 0.917. The van der Waals surface area contributed by atoms with E-state index in [-0.39, 0.29) is 25.5 Å². The number of fused-ring (bicyclic) bond motifs is 1. The van der Waals surface area contributed by atoms with E-state index in [4.69, 9.17) is 0 Å². The third-order valence-electron chi connectivity index (χ3n) is 4.31. The first kappa shape index (κ1) is 15.8. The van der Waals surface area contributed by atoms with Gasteiger partial charge in [0.1, 0.15) is 6.54 Å². The van der Waals surface area contributed by atoms with E-state index in [2.05, 4.69) is 5.10 Å². The molecule has 1 aromatic carbocycles. The van der Waals surface area contributed by atoms with Crippen molar-refractivity contribution in [1.82, 2.24) is 14.7 Å². The Labute approximate surface area is 130 Å². The first-order valence-electron chi connectivity index (χ1n) is 7.28. The molecule has 124 valence electrons. The molecule has 0 spiro atoms. The van der Waals surface area contributed by atoms with E-state index >= 15 is 0 Å². The molecule has 1 N–H and O–H groups in total. The summed E-state index contributed by atoms with van der Waals surface area (Å²) in [6, 6.07) is 7.38. The molecular weight excluding hydrogens is 311 g/mol. The van der Waals surface area contributed by atoms with Crippen molar-refractivity contribution in [3.63, 3.8) is 0 Å². The molecule has 3 rings (SSSR count). The molecule has 0 saturated carbocycles. The van der Waals surface area contributed by atoms with Crippen molar-refractivity contribution in [3.05, 3.63) is 30.5 Å². The van der Waals surface area contributed by atoms with Gasteiger partial charge in [0, 0.05) is 31.3 Å². The van der Waals surface area contributed by atoms with Gasteiger partial charge in [-0.05, 0) is 6.07 Å². The molecule has 0 atom stereocenters. The second-order valence-corrected chi connectivity index (χ2v) is 5.77. The van der Waals surface area contributed by atoms with Gasteiger partial charge >= 0.3 is 6.18 Å². The predicted molar refractivity (Wildman–Crippen MR) is 76.6 cm³/mol. The highest BCUT2D eigenvalue weighted by molar-refractivity contribution is 5.82. The number of likely N-dealkylation sites (tertiary alicyclic amines) is 1. The fourth-order valence-electron chi connectivity index (χ4n) is 2.79. The van der Waals surface area contributed by atoms with Crippen LogP contribution in [0.2, 0.25) is 0 Å². The zero-order valence-electron chi connectivity index (χ0n) is 12.3. The molecule has 23 heavy (non-hydrogen) atoms. The molecule has 8 heteroatoms. The molecule has 1 aromatic heterocycles. The van der Waals surface area contributed by atoms with Gasteiger partial charge in [0.15, 0.2) is 5.60 Å². The van der Waals surface area contributed by atoms with Gasteiger partial charge in [-0.3, -0.25) is 9.48 Å². The van der Waals surface area contributed by atoms with Gasteiger partial charge in [-0.15, -0.1) is 0 Å². The normalized spacial score (nSPS) is 18.3. The lowest BCUT2D eigenvalue weighted by Crippen LogP contribution is -2.54. The minimum atomic E-state index is -4.67. The largest absolute Gasteiger partial charge is 0.417 e. The molecule has 1 fully saturated rings. The molecule has 2 aromatic rings. The van der Waals surface area contributed by atoms with Crippen molar-refractivity contribution in [3.8, 4) is 0 Å². The molecule has 1 saturated heterocycles. The van der Waals surface area contributed by atoms with Crippen LogP contribution in [0.5, 0.6) is 0 Å². The highest BCUT2D eigenvalue weighted by Crippen LogP contribution is 2.38. The highest BCUT2D eigenvalue weighted by Gasteiger charge is 2.54. The number of aromatic nitrogens is 2. The zero-order chi connectivity index (χ0) is 16.7. The van der Waals surface area contributed by atoms with Crippen LogP contribution in [0, 0.1) is 0 Å². The third-order valence-corrected chi connectivity index (χ3v) is 4.31. The van der Waals surface area contributed by atoms with Gasteiger partial charge in [0.05, 0.1) is 11.7 Å². The number of benzene rings is 1. The van der Waals surface area contributed by atoms with Crippen molar-refractivity contribution in [2.24, 2.45) is 0 Å². The van der Waals surface area contributed by atoms with Gasteiger partial charge in [0.2, 0.25) is 5.91 Å². The Bertz CT molecular complexity index is 718. The number of aliphatic hydroxyl groups is 1. The molecule has 5 nitrogen and oxygen atoms in total. The van der Waals surface area contributed by atoms with Crippen LogP contribution in [0.4, 0.5) is 13.2 Å². The maximum Gasteiger partial charge on any atom is 0.417 e. The third kappa shape index (κ3) is 2.90. The van der Waals surface area contributed by atoms with Crippen LogP contribution in [-0.2, 0) is 11.3 Å². The fraction of sp³-hybridized carbons (Fsp3) is 0.467. The number of alkyl halides is 3. The van der Waals surface area contributed by atoms with Crippen molar-refractivity contribution in [2.45, 2.75) is 31.2 Å². The second-order valence-electron chi connectivity index (χ2n) is 5.77.